The fourth-order valence-corrected chi connectivity index (χ4v) is 4.63. The third-order valence-electron chi connectivity index (χ3n) is 5.80. The van der Waals surface area contributed by atoms with Gasteiger partial charge >= 0.3 is 0 Å². The van der Waals surface area contributed by atoms with E-state index < -0.39 is 6.04 Å². The minimum atomic E-state index is -0.813. The molecule has 0 aliphatic heterocycles. The van der Waals surface area contributed by atoms with Crippen molar-refractivity contribution in [2.24, 2.45) is 0 Å². The lowest BCUT2D eigenvalue weighted by Crippen LogP contribution is -2.44. The average Bonchev–Trinajstić information content (AvgIpc) is 3.58. The van der Waals surface area contributed by atoms with Crippen molar-refractivity contribution in [3.63, 3.8) is 0 Å². The van der Waals surface area contributed by atoms with E-state index in [1.807, 2.05) is 79.0 Å². The molecule has 0 saturated heterocycles. The molecule has 2 aromatic heterocycles. The molecule has 4 aromatic rings. The normalized spacial score (nSPS) is 11.6. The molecule has 2 amide bonds. The molecule has 7 heteroatoms. The standard InChI is InChI=1S/C28H28N2O4S/c1-20-7-3-4-10-25(20)27(28(32)29-18-21-11-13-22(33-2)14-12-21)30(19-23-8-5-15-34-23)26(31)17-24-9-6-16-35-24/h3-16,27H,17-19H2,1-2H3,(H,29,32)/t27-/m0/s1. The minimum absolute atomic E-state index is 0.142. The van der Waals surface area contributed by atoms with E-state index in [4.69, 9.17) is 9.15 Å². The molecule has 2 heterocycles. The Balaban J connectivity index is 1.64. The molecular weight excluding hydrogens is 460 g/mol. The molecule has 1 N–H and O–H groups in total. The monoisotopic (exact) mass is 488 g/mol. The summed E-state index contributed by atoms with van der Waals surface area (Å²) in [5, 5.41) is 4.98. The smallest absolute Gasteiger partial charge is 0.247 e. The Hall–Kier alpha value is -3.84. The first kappa shape index (κ1) is 24.3. The number of nitrogens with zero attached hydrogens (tertiary/aromatic N) is 1. The second-order valence-electron chi connectivity index (χ2n) is 8.18. The van der Waals surface area contributed by atoms with Crippen molar-refractivity contribution in [2.45, 2.75) is 32.5 Å². The summed E-state index contributed by atoms with van der Waals surface area (Å²) >= 11 is 1.52. The Bertz CT molecular complexity index is 1230. The van der Waals surface area contributed by atoms with Gasteiger partial charge in [-0.2, -0.15) is 0 Å². The maximum Gasteiger partial charge on any atom is 0.247 e. The number of nitrogens with one attached hydrogen (secondary N) is 1. The first-order chi connectivity index (χ1) is 17.0. The van der Waals surface area contributed by atoms with E-state index in [0.717, 1.165) is 27.3 Å². The van der Waals surface area contributed by atoms with Gasteiger partial charge in [-0.25, -0.2) is 0 Å². The summed E-state index contributed by atoms with van der Waals surface area (Å²) in [6.45, 7) is 2.47. The van der Waals surface area contributed by atoms with Gasteiger partial charge in [-0.05, 0) is 59.3 Å². The minimum Gasteiger partial charge on any atom is -0.497 e. The Morgan fingerprint density at radius 1 is 1.03 bits per heavy atom. The number of benzene rings is 2. The summed E-state index contributed by atoms with van der Waals surface area (Å²) in [7, 11) is 1.62. The summed E-state index contributed by atoms with van der Waals surface area (Å²) in [5.41, 5.74) is 2.65. The topological polar surface area (TPSA) is 71.8 Å². The van der Waals surface area contributed by atoms with E-state index in [9.17, 15) is 9.59 Å². The number of amides is 2. The van der Waals surface area contributed by atoms with E-state index >= 15 is 0 Å². The van der Waals surface area contributed by atoms with Crippen molar-refractivity contribution in [3.8, 4) is 5.75 Å². The molecule has 6 nitrogen and oxygen atoms in total. The van der Waals surface area contributed by atoms with Crippen LogP contribution in [0.25, 0.3) is 0 Å². The first-order valence-corrected chi connectivity index (χ1v) is 12.2. The van der Waals surface area contributed by atoms with Crippen molar-refractivity contribution in [2.75, 3.05) is 7.11 Å². The second kappa shape index (κ2) is 11.5. The van der Waals surface area contributed by atoms with Crippen LogP contribution in [-0.4, -0.2) is 23.8 Å². The van der Waals surface area contributed by atoms with Gasteiger partial charge in [-0.3, -0.25) is 9.59 Å². The molecular formula is C28H28N2O4S. The molecule has 4 rings (SSSR count). The average molecular weight is 489 g/mol. The van der Waals surface area contributed by atoms with Crippen LogP contribution in [0.5, 0.6) is 5.75 Å². The number of methoxy groups -OCH3 is 1. The highest BCUT2D eigenvalue weighted by molar-refractivity contribution is 7.10. The number of ether oxygens (including phenoxy) is 1. The quantitative estimate of drug-likeness (QED) is 0.329. The van der Waals surface area contributed by atoms with Crippen molar-refractivity contribution in [3.05, 3.63) is 112 Å². The Labute approximate surface area is 209 Å². The fourth-order valence-electron chi connectivity index (χ4n) is 3.93. The Kier molecular flexibility index (Phi) is 8.00. The van der Waals surface area contributed by atoms with Crippen LogP contribution in [0.3, 0.4) is 0 Å². The zero-order valence-corrected chi connectivity index (χ0v) is 20.6. The Morgan fingerprint density at radius 3 is 2.49 bits per heavy atom. The van der Waals surface area contributed by atoms with Crippen molar-refractivity contribution in [1.29, 1.82) is 0 Å². The predicted octanol–water partition coefficient (Wildman–Crippen LogP) is 5.29. The molecule has 0 aliphatic rings. The van der Waals surface area contributed by atoms with Crippen molar-refractivity contribution >= 4 is 23.2 Å². The molecule has 0 saturated carbocycles. The number of furan rings is 1. The third kappa shape index (κ3) is 6.19. The summed E-state index contributed by atoms with van der Waals surface area (Å²) in [6, 6.07) is 21.8. The summed E-state index contributed by atoms with van der Waals surface area (Å²) in [4.78, 5) is 29.9. The van der Waals surface area contributed by atoms with Crippen LogP contribution in [0, 0.1) is 6.92 Å². The number of aryl methyl sites for hydroxylation is 1. The largest absolute Gasteiger partial charge is 0.497 e. The highest BCUT2D eigenvalue weighted by Crippen LogP contribution is 2.28. The van der Waals surface area contributed by atoms with Gasteiger partial charge < -0.3 is 19.4 Å². The molecule has 1 atom stereocenters. The zero-order chi connectivity index (χ0) is 24.6. The van der Waals surface area contributed by atoms with Crippen LogP contribution in [0.4, 0.5) is 0 Å². The third-order valence-corrected chi connectivity index (χ3v) is 6.68. The lowest BCUT2D eigenvalue weighted by molar-refractivity contribution is -0.141. The van der Waals surface area contributed by atoms with Gasteiger partial charge in [0.15, 0.2) is 0 Å². The number of thiophene rings is 1. The SMILES string of the molecule is COc1ccc(CNC(=O)[C@H](c2ccccc2C)N(Cc2ccco2)C(=O)Cc2cccs2)cc1. The van der Waals surface area contributed by atoms with Crippen molar-refractivity contribution in [1.82, 2.24) is 10.2 Å². The van der Waals surface area contributed by atoms with E-state index in [1.54, 1.807) is 24.3 Å². The second-order valence-corrected chi connectivity index (χ2v) is 9.21. The molecule has 2 aromatic carbocycles. The van der Waals surface area contributed by atoms with E-state index in [1.165, 1.54) is 11.3 Å². The maximum absolute atomic E-state index is 13.7. The van der Waals surface area contributed by atoms with Crippen molar-refractivity contribution < 1.29 is 18.7 Å². The van der Waals surface area contributed by atoms with Gasteiger partial charge in [0, 0.05) is 11.4 Å². The van der Waals surface area contributed by atoms with Gasteiger partial charge in [0.1, 0.15) is 17.6 Å². The van der Waals surface area contributed by atoms with Gasteiger partial charge in [0.2, 0.25) is 11.8 Å². The van der Waals surface area contributed by atoms with E-state index in [0.29, 0.717) is 12.3 Å². The summed E-state index contributed by atoms with van der Waals surface area (Å²) < 4.78 is 10.8. The van der Waals surface area contributed by atoms with Gasteiger partial charge in [-0.15, -0.1) is 11.3 Å². The maximum atomic E-state index is 13.7. The number of hydrogen-bond acceptors (Lipinski definition) is 5. The predicted molar refractivity (Wildman–Crippen MR) is 136 cm³/mol. The highest BCUT2D eigenvalue weighted by Gasteiger charge is 2.33. The number of hydrogen-bond donors (Lipinski definition) is 1. The zero-order valence-electron chi connectivity index (χ0n) is 19.8. The first-order valence-electron chi connectivity index (χ1n) is 11.4. The lowest BCUT2D eigenvalue weighted by Gasteiger charge is -2.31. The van der Waals surface area contributed by atoms with Crippen LogP contribution in [-0.2, 0) is 29.1 Å². The molecule has 0 radical (unpaired) electrons. The van der Waals surface area contributed by atoms with Crippen LogP contribution in [0.15, 0.2) is 88.9 Å². The molecule has 0 bridgehead atoms. The van der Waals surface area contributed by atoms with Crippen LogP contribution >= 0.6 is 11.3 Å². The Morgan fingerprint density at radius 2 is 1.83 bits per heavy atom. The number of carbonyl (C=O) groups excluding carboxylic acids is 2. The van der Waals surface area contributed by atoms with Crippen LogP contribution in [0.1, 0.15) is 33.4 Å². The fraction of sp³-hybridized carbons (Fsp3) is 0.214. The molecule has 0 unspecified atom stereocenters. The molecule has 35 heavy (non-hydrogen) atoms. The van der Waals surface area contributed by atoms with E-state index in [2.05, 4.69) is 5.32 Å². The number of rotatable bonds is 10. The number of carbonyl (C=O) groups is 2. The van der Waals surface area contributed by atoms with Crippen LogP contribution in [0.2, 0.25) is 0 Å². The summed E-state index contributed by atoms with van der Waals surface area (Å²) in [5.74, 6) is 0.977. The molecule has 0 aliphatic carbocycles. The lowest BCUT2D eigenvalue weighted by atomic mass is 9.98. The highest BCUT2D eigenvalue weighted by atomic mass is 32.1. The van der Waals surface area contributed by atoms with Gasteiger partial charge in [0.05, 0.1) is 26.3 Å². The molecule has 180 valence electrons. The van der Waals surface area contributed by atoms with Crippen LogP contribution < -0.4 is 10.1 Å². The molecule has 0 spiro atoms. The summed E-state index contributed by atoms with van der Waals surface area (Å²) in [6.07, 6.45) is 1.79. The van der Waals surface area contributed by atoms with Gasteiger partial charge in [-0.1, -0.05) is 42.5 Å². The van der Waals surface area contributed by atoms with Gasteiger partial charge in [0.25, 0.3) is 0 Å². The molecule has 0 fully saturated rings. The van der Waals surface area contributed by atoms with E-state index in [-0.39, 0.29) is 24.8 Å².